The van der Waals surface area contributed by atoms with Crippen molar-refractivity contribution in [3.05, 3.63) is 54.1 Å². The number of nitrogens with two attached hydrogens (primary N) is 1. The maximum atomic E-state index is 11.1. The van der Waals surface area contributed by atoms with Gasteiger partial charge in [0.25, 0.3) is 0 Å². The fourth-order valence-electron chi connectivity index (χ4n) is 1.99. The van der Waals surface area contributed by atoms with E-state index in [9.17, 15) is 4.79 Å². The van der Waals surface area contributed by atoms with Crippen molar-refractivity contribution in [1.82, 2.24) is 0 Å². The van der Waals surface area contributed by atoms with Gasteiger partial charge in [0.1, 0.15) is 12.4 Å². The monoisotopic (exact) mass is 314 g/mol. The molecule has 23 heavy (non-hydrogen) atoms. The van der Waals surface area contributed by atoms with Crippen LogP contribution >= 0.6 is 0 Å². The predicted molar refractivity (Wildman–Crippen MR) is 91.3 cm³/mol. The lowest BCUT2D eigenvalue weighted by Crippen LogP contribution is -2.11. The van der Waals surface area contributed by atoms with Crippen molar-refractivity contribution >= 4 is 17.3 Å². The Morgan fingerprint density at radius 2 is 1.83 bits per heavy atom. The topological polar surface area (TPSA) is 73.6 Å². The molecular weight excluding hydrogens is 292 g/mol. The smallest absolute Gasteiger partial charge is 0.248 e. The van der Waals surface area contributed by atoms with Gasteiger partial charge >= 0.3 is 0 Å². The number of hydrogen-bond donors (Lipinski definition) is 2. The maximum Gasteiger partial charge on any atom is 0.248 e. The summed E-state index contributed by atoms with van der Waals surface area (Å²) in [5, 5.41) is 3.26. The highest BCUT2D eigenvalue weighted by Crippen LogP contribution is 2.21. The summed E-state index contributed by atoms with van der Waals surface area (Å²) in [5.41, 5.74) is 7.48. The molecule has 0 saturated heterocycles. The second kappa shape index (κ2) is 8.19. The third kappa shape index (κ3) is 5.64. The van der Waals surface area contributed by atoms with E-state index in [4.69, 9.17) is 15.2 Å². The largest absolute Gasteiger partial charge is 0.491 e. The van der Waals surface area contributed by atoms with Gasteiger partial charge < -0.3 is 20.5 Å². The van der Waals surface area contributed by atoms with Gasteiger partial charge in [-0.1, -0.05) is 6.07 Å². The molecule has 0 radical (unpaired) electrons. The van der Waals surface area contributed by atoms with Gasteiger partial charge in [-0.3, -0.25) is 4.79 Å². The minimum Gasteiger partial charge on any atom is -0.491 e. The Kier molecular flexibility index (Phi) is 6.00. The molecule has 0 aliphatic heterocycles. The van der Waals surface area contributed by atoms with Crippen LogP contribution in [0.5, 0.6) is 5.75 Å². The summed E-state index contributed by atoms with van der Waals surface area (Å²) < 4.78 is 11.1. The van der Waals surface area contributed by atoms with Crippen LogP contribution in [0.1, 0.15) is 24.2 Å². The number of anilines is 2. The van der Waals surface area contributed by atoms with E-state index in [1.807, 2.05) is 50.2 Å². The first-order valence-electron chi connectivity index (χ1n) is 7.56. The van der Waals surface area contributed by atoms with Crippen LogP contribution in [0.2, 0.25) is 0 Å². The van der Waals surface area contributed by atoms with Crippen molar-refractivity contribution in [2.75, 3.05) is 18.5 Å². The summed E-state index contributed by atoms with van der Waals surface area (Å²) in [7, 11) is 0. The number of rotatable bonds is 8. The van der Waals surface area contributed by atoms with E-state index in [0.29, 0.717) is 18.8 Å². The average molecular weight is 314 g/mol. The highest BCUT2D eigenvalue weighted by atomic mass is 16.5. The fourth-order valence-corrected chi connectivity index (χ4v) is 1.99. The normalized spacial score (nSPS) is 10.6. The second-order valence-electron chi connectivity index (χ2n) is 5.36. The Balaban J connectivity index is 1.92. The summed E-state index contributed by atoms with van der Waals surface area (Å²) in [6, 6.07) is 14.7. The van der Waals surface area contributed by atoms with Crippen LogP contribution in [0.15, 0.2) is 48.5 Å². The van der Waals surface area contributed by atoms with E-state index in [1.54, 1.807) is 12.1 Å². The summed E-state index contributed by atoms with van der Waals surface area (Å²) in [6.07, 6.45) is 0.204. The lowest BCUT2D eigenvalue weighted by Gasteiger charge is -2.11. The third-order valence-electron chi connectivity index (χ3n) is 3.10. The van der Waals surface area contributed by atoms with Crippen molar-refractivity contribution < 1.29 is 14.3 Å². The van der Waals surface area contributed by atoms with Crippen LogP contribution in [0.4, 0.5) is 11.4 Å². The number of hydrogen-bond acceptors (Lipinski definition) is 4. The SMILES string of the molecule is CC(C)OCCOc1cccc(Nc2ccc(C(N)=O)cc2)c1. The Morgan fingerprint density at radius 1 is 1.09 bits per heavy atom. The minimum absolute atomic E-state index is 0.204. The van der Waals surface area contributed by atoms with Crippen LogP contribution in [0.3, 0.4) is 0 Å². The minimum atomic E-state index is -0.435. The maximum absolute atomic E-state index is 11.1. The van der Waals surface area contributed by atoms with Crippen molar-refractivity contribution in [2.24, 2.45) is 5.73 Å². The molecule has 0 unspecified atom stereocenters. The zero-order valence-electron chi connectivity index (χ0n) is 13.4. The van der Waals surface area contributed by atoms with E-state index in [0.717, 1.165) is 17.1 Å². The molecule has 1 amide bonds. The van der Waals surface area contributed by atoms with Crippen molar-refractivity contribution in [3.8, 4) is 5.75 Å². The van der Waals surface area contributed by atoms with Gasteiger partial charge in [0.2, 0.25) is 5.91 Å². The van der Waals surface area contributed by atoms with Crippen LogP contribution in [-0.2, 0) is 4.74 Å². The first-order valence-corrected chi connectivity index (χ1v) is 7.56. The molecule has 0 bridgehead atoms. The number of benzene rings is 2. The van der Waals surface area contributed by atoms with Gasteiger partial charge in [-0.15, -0.1) is 0 Å². The zero-order chi connectivity index (χ0) is 16.7. The van der Waals surface area contributed by atoms with Crippen LogP contribution in [-0.4, -0.2) is 25.2 Å². The molecule has 0 saturated carbocycles. The van der Waals surface area contributed by atoms with Gasteiger partial charge in [-0.05, 0) is 50.2 Å². The van der Waals surface area contributed by atoms with E-state index < -0.39 is 5.91 Å². The molecule has 5 nitrogen and oxygen atoms in total. The van der Waals surface area contributed by atoms with Crippen LogP contribution in [0, 0.1) is 0 Å². The van der Waals surface area contributed by atoms with Gasteiger partial charge in [0.15, 0.2) is 0 Å². The van der Waals surface area contributed by atoms with Crippen LogP contribution in [0.25, 0.3) is 0 Å². The second-order valence-corrected chi connectivity index (χ2v) is 5.36. The summed E-state index contributed by atoms with van der Waals surface area (Å²) in [5.74, 6) is 0.340. The zero-order valence-corrected chi connectivity index (χ0v) is 13.4. The lowest BCUT2D eigenvalue weighted by atomic mass is 10.2. The molecule has 122 valence electrons. The van der Waals surface area contributed by atoms with Gasteiger partial charge in [-0.2, -0.15) is 0 Å². The van der Waals surface area contributed by atoms with Crippen LogP contribution < -0.4 is 15.8 Å². The highest BCUT2D eigenvalue weighted by Gasteiger charge is 2.02. The van der Waals surface area contributed by atoms with Gasteiger partial charge in [-0.25, -0.2) is 0 Å². The Hall–Kier alpha value is -2.53. The Labute approximate surface area is 136 Å². The van der Waals surface area contributed by atoms with E-state index in [-0.39, 0.29) is 6.10 Å². The van der Waals surface area contributed by atoms with Crippen molar-refractivity contribution in [3.63, 3.8) is 0 Å². The van der Waals surface area contributed by atoms with Crippen molar-refractivity contribution in [1.29, 1.82) is 0 Å². The molecule has 0 aliphatic rings. The fraction of sp³-hybridized carbons (Fsp3) is 0.278. The van der Waals surface area contributed by atoms with E-state index in [1.165, 1.54) is 0 Å². The van der Waals surface area contributed by atoms with E-state index in [2.05, 4.69) is 5.32 Å². The molecule has 0 atom stereocenters. The van der Waals surface area contributed by atoms with E-state index >= 15 is 0 Å². The number of nitrogens with one attached hydrogen (secondary N) is 1. The predicted octanol–water partition coefficient (Wildman–Crippen LogP) is 3.33. The first-order chi connectivity index (χ1) is 11.0. The average Bonchev–Trinajstić information content (AvgIpc) is 2.52. The molecule has 0 aromatic heterocycles. The number of primary amides is 1. The molecule has 0 fully saturated rings. The number of amides is 1. The lowest BCUT2D eigenvalue weighted by molar-refractivity contribution is 0.0553. The number of carbonyl (C=O) groups excluding carboxylic acids is 1. The molecule has 5 heteroatoms. The quantitative estimate of drug-likeness (QED) is 0.733. The summed E-state index contributed by atoms with van der Waals surface area (Å²) in [6.45, 7) is 5.06. The molecular formula is C18H22N2O3. The van der Waals surface area contributed by atoms with Crippen molar-refractivity contribution in [2.45, 2.75) is 20.0 Å². The number of carbonyl (C=O) groups is 1. The Morgan fingerprint density at radius 3 is 2.48 bits per heavy atom. The molecule has 0 spiro atoms. The molecule has 2 aromatic rings. The van der Waals surface area contributed by atoms with Gasteiger partial charge in [0.05, 0.1) is 12.7 Å². The Bertz CT molecular complexity index is 639. The summed E-state index contributed by atoms with van der Waals surface area (Å²) >= 11 is 0. The summed E-state index contributed by atoms with van der Waals surface area (Å²) in [4.78, 5) is 11.1. The van der Waals surface area contributed by atoms with Gasteiger partial charge in [0, 0.05) is 23.0 Å². The molecule has 2 aromatic carbocycles. The first kappa shape index (κ1) is 16.8. The standard InChI is InChI=1S/C18H22N2O3/c1-13(2)22-10-11-23-17-5-3-4-16(12-17)20-15-8-6-14(7-9-15)18(19)21/h3-9,12-13,20H,10-11H2,1-2H3,(H2,19,21). The molecule has 0 aliphatic carbocycles. The molecule has 0 heterocycles. The third-order valence-corrected chi connectivity index (χ3v) is 3.10. The molecule has 2 rings (SSSR count). The highest BCUT2D eigenvalue weighted by molar-refractivity contribution is 5.93. The number of ether oxygens (including phenoxy) is 2. The molecule has 3 N–H and O–H groups in total.